The molecule has 2 aliphatic rings. The maximum absolute atomic E-state index is 13.2. The van der Waals surface area contributed by atoms with E-state index >= 15 is 0 Å². The van der Waals surface area contributed by atoms with Gasteiger partial charge in [0, 0.05) is 17.3 Å². The Morgan fingerprint density at radius 1 is 1.08 bits per heavy atom. The highest BCUT2D eigenvalue weighted by Gasteiger charge is 2.51. The van der Waals surface area contributed by atoms with E-state index in [1.807, 2.05) is 30.3 Å². The number of hydrogen-bond acceptors (Lipinski definition) is 4. The summed E-state index contributed by atoms with van der Waals surface area (Å²) in [5.74, 6) is 0.635. The summed E-state index contributed by atoms with van der Waals surface area (Å²) in [6, 6.07) is 12.8. The number of carbonyl (C=O) groups excluding carboxylic acids is 2. The maximum atomic E-state index is 13.2. The molecule has 4 heteroatoms. The fourth-order valence-electron chi connectivity index (χ4n) is 3.70. The molecule has 1 aliphatic heterocycles. The third kappa shape index (κ3) is 2.58. The van der Waals surface area contributed by atoms with Crippen LogP contribution in [0.1, 0.15) is 54.2 Å². The summed E-state index contributed by atoms with van der Waals surface area (Å²) >= 11 is 0. The minimum Gasteiger partial charge on any atom is -0.478 e. The second-order valence-corrected chi connectivity index (χ2v) is 6.69. The highest BCUT2D eigenvalue weighted by atomic mass is 16.5. The van der Waals surface area contributed by atoms with E-state index in [0.29, 0.717) is 22.6 Å². The number of aromatic nitrogens is 1. The number of ketones is 2. The Labute approximate surface area is 146 Å². The van der Waals surface area contributed by atoms with E-state index in [4.69, 9.17) is 4.74 Å². The van der Waals surface area contributed by atoms with E-state index in [2.05, 4.69) is 4.98 Å². The SMILES string of the molecule is CC(=O)c1ccc(C2=C(c3ccccn3)C(=O)C3(CCCC3)O2)cc1. The first kappa shape index (κ1) is 15.8. The summed E-state index contributed by atoms with van der Waals surface area (Å²) in [5.41, 5.74) is 1.91. The normalized spacial score (nSPS) is 18.7. The largest absolute Gasteiger partial charge is 0.478 e. The van der Waals surface area contributed by atoms with Crippen LogP contribution < -0.4 is 0 Å². The number of nitrogens with zero attached hydrogens (tertiary/aromatic N) is 1. The molecule has 1 saturated carbocycles. The molecule has 25 heavy (non-hydrogen) atoms. The van der Waals surface area contributed by atoms with Gasteiger partial charge in [-0.25, -0.2) is 0 Å². The van der Waals surface area contributed by atoms with Crippen LogP contribution in [0.3, 0.4) is 0 Å². The minimum absolute atomic E-state index is 0.0150. The number of benzene rings is 1. The van der Waals surface area contributed by atoms with Crippen LogP contribution >= 0.6 is 0 Å². The Morgan fingerprint density at radius 2 is 1.80 bits per heavy atom. The van der Waals surface area contributed by atoms with Crippen molar-refractivity contribution in [3.8, 4) is 0 Å². The predicted molar refractivity (Wildman–Crippen MR) is 94.8 cm³/mol. The number of carbonyl (C=O) groups is 2. The average Bonchev–Trinajstić information content (AvgIpc) is 3.22. The zero-order chi connectivity index (χ0) is 17.4. The van der Waals surface area contributed by atoms with Gasteiger partial charge < -0.3 is 4.74 Å². The first-order valence-electron chi connectivity index (χ1n) is 8.62. The molecule has 0 unspecified atom stereocenters. The van der Waals surface area contributed by atoms with Crippen molar-refractivity contribution in [1.82, 2.24) is 4.98 Å². The number of hydrogen-bond donors (Lipinski definition) is 0. The summed E-state index contributed by atoms with van der Waals surface area (Å²) in [5, 5.41) is 0. The van der Waals surface area contributed by atoms with E-state index in [1.165, 1.54) is 6.92 Å². The van der Waals surface area contributed by atoms with Crippen molar-refractivity contribution in [3.63, 3.8) is 0 Å². The van der Waals surface area contributed by atoms with Gasteiger partial charge in [0.05, 0.1) is 11.3 Å². The van der Waals surface area contributed by atoms with Gasteiger partial charge in [-0.2, -0.15) is 0 Å². The van der Waals surface area contributed by atoms with Gasteiger partial charge >= 0.3 is 0 Å². The molecule has 4 nitrogen and oxygen atoms in total. The molecule has 1 aliphatic carbocycles. The second kappa shape index (κ2) is 5.96. The molecular formula is C21H19NO3. The average molecular weight is 333 g/mol. The predicted octanol–water partition coefficient (Wildman–Crippen LogP) is 4.06. The van der Waals surface area contributed by atoms with Crippen LogP contribution in [0.4, 0.5) is 0 Å². The van der Waals surface area contributed by atoms with Crippen molar-refractivity contribution < 1.29 is 14.3 Å². The summed E-state index contributed by atoms with van der Waals surface area (Å²) < 4.78 is 6.28. The molecule has 0 bridgehead atoms. The zero-order valence-electron chi connectivity index (χ0n) is 14.1. The van der Waals surface area contributed by atoms with Crippen LogP contribution in [0.5, 0.6) is 0 Å². The van der Waals surface area contributed by atoms with Crippen LogP contribution in [-0.4, -0.2) is 22.2 Å². The van der Waals surface area contributed by atoms with Crippen molar-refractivity contribution in [2.45, 2.75) is 38.2 Å². The molecular weight excluding hydrogens is 314 g/mol. The lowest BCUT2D eigenvalue weighted by Gasteiger charge is -2.22. The van der Waals surface area contributed by atoms with Crippen LogP contribution in [0.25, 0.3) is 11.3 Å². The van der Waals surface area contributed by atoms with E-state index in [1.54, 1.807) is 18.3 Å². The summed E-state index contributed by atoms with van der Waals surface area (Å²) in [6.07, 6.45) is 5.18. The lowest BCUT2D eigenvalue weighted by atomic mass is 9.91. The van der Waals surface area contributed by atoms with Crippen molar-refractivity contribution >= 4 is 22.9 Å². The van der Waals surface area contributed by atoms with Gasteiger partial charge in [0.2, 0.25) is 5.78 Å². The topological polar surface area (TPSA) is 56.3 Å². The molecule has 0 radical (unpaired) electrons. The summed E-state index contributed by atoms with van der Waals surface area (Å²) in [4.78, 5) is 29.1. The highest BCUT2D eigenvalue weighted by molar-refractivity contribution is 6.32. The number of pyridine rings is 1. The van der Waals surface area contributed by atoms with Gasteiger partial charge in [0.25, 0.3) is 0 Å². The molecule has 1 aromatic carbocycles. The lowest BCUT2D eigenvalue weighted by molar-refractivity contribution is -0.127. The van der Waals surface area contributed by atoms with Gasteiger partial charge in [-0.3, -0.25) is 14.6 Å². The number of Topliss-reactive ketones (excluding diaryl/α,β-unsaturated/α-hetero) is 2. The van der Waals surface area contributed by atoms with E-state index in [9.17, 15) is 9.59 Å². The first-order chi connectivity index (χ1) is 12.1. The number of rotatable bonds is 3. The van der Waals surface area contributed by atoms with E-state index < -0.39 is 5.60 Å². The molecule has 2 heterocycles. The molecule has 4 rings (SSSR count). The molecule has 1 aromatic heterocycles. The van der Waals surface area contributed by atoms with Crippen LogP contribution in [0.2, 0.25) is 0 Å². The van der Waals surface area contributed by atoms with Crippen LogP contribution in [0, 0.1) is 0 Å². The molecule has 0 saturated heterocycles. The number of ether oxygens (including phenoxy) is 1. The molecule has 2 aromatic rings. The summed E-state index contributed by atoms with van der Waals surface area (Å²) in [6.45, 7) is 1.54. The smallest absolute Gasteiger partial charge is 0.212 e. The molecule has 1 fully saturated rings. The van der Waals surface area contributed by atoms with Crippen molar-refractivity contribution in [2.24, 2.45) is 0 Å². The van der Waals surface area contributed by atoms with Crippen LogP contribution in [-0.2, 0) is 9.53 Å². The Bertz CT molecular complexity index is 860. The van der Waals surface area contributed by atoms with Gasteiger partial charge in [0.1, 0.15) is 5.76 Å². The quantitative estimate of drug-likeness (QED) is 0.795. The van der Waals surface area contributed by atoms with E-state index in [0.717, 1.165) is 31.2 Å². The summed E-state index contributed by atoms with van der Waals surface area (Å²) in [7, 11) is 0. The van der Waals surface area contributed by atoms with Crippen LogP contribution in [0.15, 0.2) is 48.7 Å². The lowest BCUT2D eigenvalue weighted by Crippen LogP contribution is -2.33. The fraction of sp³-hybridized carbons (Fsp3) is 0.286. The third-order valence-electron chi connectivity index (χ3n) is 5.05. The Hall–Kier alpha value is -2.75. The minimum atomic E-state index is -0.735. The second-order valence-electron chi connectivity index (χ2n) is 6.69. The van der Waals surface area contributed by atoms with Gasteiger partial charge in [0.15, 0.2) is 11.4 Å². The monoisotopic (exact) mass is 333 g/mol. The van der Waals surface area contributed by atoms with Crippen molar-refractivity contribution in [3.05, 3.63) is 65.5 Å². The Kier molecular flexibility index (Phi) is 3.75. The molecule has 0 amide bonds. The standard InChI is InChI=1S/C21H19NO3/c1-14(23)15-7-9-16(10-8-15)19-18(17-6-2-5-13-22-17)20(24)21(25-19)11-3-4-12-21/h2,5-10,13H,3-4,11-12H2,1H3. The van der Waals surface area contributed by atoms with Gasteiger partial charge in [-0.1, -0.05) is 30.3 Å². The van der Waals surface area contributed by atoms with E-state index in [-0.39, 0.29) is 11.6 Å². The highest BCUT2D eigenvalue weighted by Crippen LogP contribution is 2.48. The van der Waals surface area contributed by atoms with Gasteiger partial charge in [-0.05, 0) is 44.7 Å². The Morgan fingerprint density at radius 3 is 2.40 bits per heavy atom. The zero-order valence-corrected chi connectivity index (χ0v) is 14.1. The van der Waals surface area contributed by atoms with Gasteiger partial charge in [-0.15, -0.1) is 0 Å². The first-order valence-corrected chi connectivity index (χ1v) is 8.62. The maximum Gasteiger partial charge on any atom is 0.212 e. The molecule has 126 valence electrons. The Balaban J connectivity index is 1.84. The van der Waals surface area contributed by atoms with Crippen molar-refractivity contribution in [2.75, 3.05) is 0 Å². The molecule has 1 spiro atoms. The van der Waals surface area contributed by atoms with Crippen molar-refractivity contribution in [1.29, 1.82) is 0 Å². The molecule has 0 N–H and O–H groups in total. The molecule has 0 atom stereocenters. The fourth-order valence-corrected chi connectivity index (χ4v) is 3.70. The third-order valence-corrected chi connectivity index (χ3v) is 5.05.